The van der Waals surface area contributed by atoms with Gasteiger partial charge in [-0.1, -0.05) is 29.5 Å². The molecule has 0 radical (unpaired) electrons. The molecule has 0 saturated carbocycles. The summed E-state index contributed by atoms with van der Waals surface area (Å²) in [6.45, 7) is 2.00. The highest BCUT2D eigenvalue weighted by atomic mass is 32.2. The van der Waals surface area contributed by atoms with Gasteiger partial charge in [-0.25, -0.2) is 4.79 Å². The molecule has 3 nitrogen and oxygen atoms in total. The van der Waals surface area contributed by atoms with E-state index < -0.39 is 5.63 Å². The predicted molar refractivity (Wildman–Crippen MR) is 61.9 cm³/mol. The second-order valence-electron chi connectivity index (χ2n) is 3.34. The van der Waals surface area contributed by atoms with Crippen molar-refractivity contribution in [2.75, 3.05) is 0 Å². The van der Waals surface area contributed by atoms with Crippen LogP contribution in [0.15, 0.2) is 55.6 Å². The predicted octanol–water partition coefficient (Wildman–Crippen LogP) is 2.81. The van der Waals surface area contributed by atoms with Gasteiger partial charge in [-0.2, -0.15) is 0 Å². The van der Waals surface area contributed by atoms with Crippen molar-refractivity contribution in [1.29, 1.82) is 0 Å². The zero-order valence-corrected chi connectivity index (χ0v) is 9.45. The molecule has 2 rings (SSSR count). The standard InChI is InChI=1S/C12H10O3S/c1-8-2-4-9(5-3-8)16-10-6-7-15-12(14)11(10)13/h2-7,13H,1H3. The van der Waals surface area contributed by atoms with E-state index in [2.05, 4.69) is 4.42 Å². The van der Waals surface area contributed by atoms with Crippen LogP contribution in [-0.4, -0.2) is 5.11 Å². The van der Waals surface area contributed by atoms with Crippen molar-refractivity contribution in [2.24, 2.45) is 0 Å². The summed E-state index contributed by atoms with van der Waals surface area (Å²) in [5, 5.41) is 9.49. The molecule has 4 heteroatoms. The molecule has 1 heterocycles. The molecule has 1 N–H and O–H groups in total. The summed E-state index contributed by atoms with van der Waals surface area (Å²) in [4.78, 5) is 12.5. The summed E-state index contributed by atoms with van der Waals surface area (Å²) in [6.07, 6.45) is 1.28. The highest BCUT2D eigenvalue weighted by Crippen LogP contribution is 2.31. The van der Waals surface area contributed by atoms with Crippen molar-refractivity contribution in [1.82, 2.24) is 0 Å². The quantitative estimate of drug-likeness (QED) is 0.868. The summed E-state index contributed by atoms with van der Waals surface area (Å²) < 4.78 is 4.54. The fourth-order valence-corrected chi connectivity index (χ4v) is 2.04. The van der Waals surface area contributed by atoms with Crippen LogP contribution in [-0.2, 0) is 0 Å². The van der Waals surface area contributed by atoms with Crippen molar-refractivity contribution in [3.63, 3.8) is 0 Å². The van der Waals surface area contributed by atoms with Crippen LogP contribution in [0, 0.1) is 6.92 Å². The second-order valence-corrected chi connectivity index (χ2v) is 4.45. The molecule has 1 aromatic heterocycles. The minimum Gasteiger partial charge on any atom is -0.501 e. The Labute approximate surface area is 96.7 Å². The molecule has 0 amide bonds. The Balaban J connectivity index is 2.30. The highest BCUT2D eigenvalue weighted by Gasteiger charge is 2.07. The molecule has 2 aromatic rings. The van der Waals surface area contributed by atoms with Crippen molar-refractivity contribution in [3.05, 3.63) is 52.6 Å². The van der Waals surface area contributed by atoms with Gasteiger partial charge in [0.1, 0.15) is 0 Å². The monoisotopic (exact) mass is 234 g/mol. The largest absolute Gasteiger partial charge is 0.501 e. The zero-order chi connectivity index (χ0) is 11.5. The summed E-state index contributed by atoms with van der Waals surface area (Å²) in [5.74, 6) is -0.340. The van der Waals surface area contributed by atoms with Crippen LogP contribution in [0.3, 0.4) is 0 Å². The third-order valence-corrected chi connectivity index (χ3v) is 3.13. The lowest BCUT2D eigenvalue weighted by atomic mass is 10.2. The first-order valence-electron chi connectivity index (χ1n) is 4.72. The molecule has 1 aromatic carbocycles. The van der Waals surface area contributed by atoms with Gasteiger partial charge in [-0.15, -0.1) is 0 Å². The van der Waals surface area contributed by atoms with Gasteiger partial charge in [-0.05, 0) is 25.1 Å². The molecule has 82 valence electrons. The van der Waals surface area contributed by atoms with Gasteiger partial charge in [0.2, 0.25) is 5.75 Å². The summed E-state index contributed by atoms with van der Waals surface area (Å²) >= 11 is 1.33. The number of hydrogen-bond donors (Lipinski definition) is 1. The molecule has 0 unspecified atom stereocenters. The van der Waals surface area contributed by atoms with E-state index in [9.17, 15) is 9.90 Å². The number of aryl methyl sites for hydroxylation is 1. The van der Waals surface area contributed by atoms with E-state index in [1.807, 2.05) is 31.2 Å². The fourth-order valence-electron chi connectivity index (χ4n) is 1.21. The lowest BCUT2D eigenvalue weighted by Crippen LogP contribution is -1.97. The molecular formula is C12H10O3S. The molecule has 0 bridgehead atoms. The van der Waals surface area contributed by atoms with Crippen LogP contribution >= 0.6 is 11.8 Å². The van der Waals surface area contributed by atoms with Gasteiger partial charge >= 0.3 is 5.63 Å². The van der Waals surface area contributed by atoms with E-state index >= 15 is 0 Å². The smallest absolute Gasteiger partial charge is 0.379 e. The van der Waals surface area contributed by atoms with Gasteiger partial charge in [-0.3, -0.25) is 0 Å². The van der Waals surface area contributed by atoms with E-state index in [1.165, 1.54) is 23.6 Å². The molecule has 16 heavy (non-hydrogen) atoms. The van der Waals surface area contributed by atoms with Crippen molar-refractivity contribution < 1.29 is 9.52 Å². The number of benzene rings is 1. The molecule has 0 spiro atoms. The van der Waals surface area contributed by atoms with Crippen LogP contribution < -0.4 is 5.63 Å². The third kappa shape index (κ3) is 2.28. The Kier molecular flexibility index (Phi) is 3.01. The Morgan fingerprint density at radius 3 is 2.56 bits per heavy atom. The molecule has 0 aliphatic carbocycles. The van der Waals surface area contributed by atoms with Gasteiger partial charge in [0.25, 0.3) is 0 Å². The van der Waals surface area contributed by atoms with E-state index in [1.54, 1.807) is 6.07 Å². The second kappa shape index (κ2) is 4.45. The first kappa shape index (κ1) is 10.8. The Bertz CT molecular complexity index is 543. The molecular weight excluding hydrogens is 224 g/mol. The minimum absolute atomic E-state index is 0.340. The summed E-state index contributed by atoms with van der Waals surface area (Å²) in [5.41, 5.74) is 0.457. The van der Waals surface area contributed by atoms with Crippen LogP contribution in [0.25, 0.3) is 0 Å². The lowest BCUT2D eigenvalue weighted by Gasteiger charge is -2.02. The zero-order valence-electron chi connectivity index (χ0n) is 8.64. The van der Waals surface area contributed by atoms with E-state index in [0.717, 1.165) is 4.90 Å². The van der Waals surface area contributed by atoms with Crippen molar-refractivity contribution in [3.8, 4) is 5.75 Å². The Morgan fingerprint density at radius 1 is 1.19 bits per heavy atom. The topological polar surface area (TPSA) is 50.4 Å². The normalized spacial score (nSPS) is 10.3. The summed E-state index contributed by atoms with van der Waals surface area (Å²) in [7, 11) is 0. The molecule has 0 aliphatic rings. The van der Waals surface area contributed by atoms with E-state index in [0.29, 0.717) is 4.90 Å². The highest BCUT2D eigenvalue weighted by molar-refractivity contribution is 7.99. The maximum absolute atomic E-state index is 11.1. The molecule has 0 fully saturated rings. The van der Waals surface area contributed by atoms with Crippen LogP contribution in [0.2, 0.25) is 0 Å². The average Bonchev–Trinajstić information content (AvgIpc) is 2.28. The number of hydrogen-bond acceptors (Lipinski definition) is 4. The molecule has 0 atom stereocenters. The van der Waals surface area contributed by atoms with E-state index in [4.69, 9.17) is 0 Å². The molecule has 0 aliphatic heterocycles. The summed E-state index contributed by atoms with van der Waals surface area (Å²) in [6, 6.07) is 9.40. The first-order valence-corrected chi connectivity index (χ1v) is 5.54. The number of aromatic hydroxyl groups is 1. The van der Waals surface area contributed by atoms with Gasteiger partial charge in [0.05, 0.1) is 11.2 Å². The van der Waals surface area contributed by atoms with Gasteiger partial charge < -0.3 is 9.52 Å². The van der Waals surface area contributed by atoms with Gasteiger partial charge in [0.15, 0.2) is 0 Å². The van der Waals surface area contributed by atoms with Crippen molar-refractivity contribution in [2.45, 2.75) is 16.7 Å². The van der Waals surface area contributed by atoms with Crippen LogP contribution in [0.5, 0.6) is 5.75 Å². The Hall–Kier alpha value is -1.68. The SMILES string of the molecule is Cc1ccc(Sc2ccoc(=O)c2O)cc1. The maximum atomic E-state index is 11.1. The van der Waals surface area contributed by atoms with E-state index in [-0.39, 0.29) is 5.75 Å². The fraction of sp³-hybridized carbons (Fsp3) is 0.0833. The first-order chi connectivity index (χ1) is 7.66. The maximum Gasteiger partial charge on any atom is 0.379 e. The lowest BCUT2D eigenvalue weighted by molar-refractivity contribution is 0.399. The Morgan fingerprint density at radius 2 is 1.88 bits per heavy atom. The third-order valence-electron chi connectivity index (χ3n) is 2.07. The average molecular weight is 234 g/mol. The molecule has 0 saturated heterocycles. The van der Waals surface area contributed by atoms with Gasteiger partial charge in [0, 0.05) is 4.90 Å². The van der Waals surface area contributed by atoms with Crippen LogP contribution in [0.1, 0.15) is 5.56 Å². The minimum atomic E-state index is -0.711. The van der Waals surface area contributed by atoms with Crippen LogP contribution in [0.4, 0.5) is 0 Å². The van der Waals surface area contributed by atoms with Crippen molar-refractivity contribution >= 4 is 11.8 Å². The number of rotatable bonds is 2.